The van der Waals surface area contributed by atoms with Crippen molar-refractivity contribution in [2.24, 2.45) is 5.73 Å². The molecule has 0 saturated carbocycles. The molecule has 0 aliphatic heterocycles. The second kappa shape index (κ2) is 5.88. The Morgan fingerprint density at radius 3 is 2.38 bits per heavy atom. The Kier molecular flexibility index (Phi) is 4.16. The number of pyridine rings is 1. The van der Waals surface area contributed by atoms with Gasteiger partial charge in [-0.25, -0.2) is 4.98 Å². The van der Waals surface area contributed by atoms with Crippen molar-refractivity contribution in [3.05, 3.63) is 44.3 Å². The topological polar surface area (TPSA) is 82.0 Å². The molecule has 9 heteroatoms. The molecule has 0 unspecified atom stereocenters. The van der Waals surface area contributed by atoms with E-state index in [9.17, 15) is 18.0 Å². The fourth-order valence-corrected chi connectivity index (χ4v) is 3.63. The summed E-state index contributed by atoms with van der Waals surface area (Å²) in [4.78, 5) is 15.5. The van der Waals surface area contributed by atoms with E-state index in [1.165, 1.54) is 0 Å². The zero-order valence-corrected chi connectivity index (χ0v) is 14.8. The summed E-state index contributed by atoms with van der Waals surface area (Å²) in [5.74, 6) is -0.876. The van der Waals surface area contributed by atoms with Gasteiger partial charge in [-0.3, -0.25) is 4.79 Å². The number of halogens is 4. The number of nitrogens with zero attached hydrogens (tertiary/aromatic N) is 1. The number of hydrogen-bond acceptors (Lipinski definition) is 4. The van der Waals surface area contributed by atoms with Gasteiger partial charge in [0.15, 0.2) is 0 Å². The van der Waals surface area contributed by atoms with Gasteiger partial charge in [0, 0.05) is 14.5 Å². The molecule has 0 radical (unpaired) electrons. The summed E-state index contributed by atoms with van der Waals surface area (Å²) >= 11 is 2.86. The molecule has 1 aromatic carbocycles. The van der Waals surface area contributed by atoms with E-state index < -0.39 is 17.6 Å². The van der Waals surface area contributed by atoms with Gasteiger partial charge in [0.25, 0.3) is 5.91 Å². The lowest BCUT2D eigenvalue weighted by Crippen LogP contribution is -2.11. The maximum absolute atomic E-state index is 13.5. The number of nitrogen functional groups attached to an aromatic ring is 1. The first-order chi connectivity index (χ1) is 11.2. The quantitative estimate of drug-likeness (QED) is 0.558. The van der Waals surface area contributed by atoms with Crippen LogP contribution in [0, 0.1) is 3.57 Å². The van der Waals surface area contributed by atoms with Crippen LogP contribution >= 0.6 is 33.9 Å². The summed E-state index contributed by atoms with van der Waals surface area (Å²) in [5.41, 5.74) is 10.4. The van der Waals surface area contributed by atoms with Crippen molar-refractivity contribution in [3.8, 4) is 11.3 Å². The van der Waals surface area contributed by atoms with E-state index in [0.29, 0.717) is 5.56 Å². The third-order valence-electron chi connectivity index (χ3n) is 3.37. The predicted molar refractivity (Wildman–Crippen MR) is 95.7 cm³/mol. The first kappa shape index (κ1) is 17.0. The normalized spacial score (nSPS) is 11.8. The van der Waals surface area contributed by atoms with E-state index in [4.69, 9.17) is 11.5 Å². The summed E-state index contributed by atoms with van der Waals surface area (Å²) < 4.78 is 41.4. The Morgan fingerprint density at radius 1 is 1.21 bits per heavy atom. The summed E-state index contributed by atoms with van der Waals surface area (Å²) in [5, 5.41) is -0.282. The Morgan fingerprint density at radius 2 is 1.83 bits per heavy atom. The largest absolute Gasteiger partial charge is 0.417 e. The van der Waals surface area contributed by atoms with E-state index >= 15 is 0 Å². The summed E-state index contributed by atoms with van der Waals surface area (Å²) in [6.45, 7) is 0. The molecule has 3 aromatic rings. The third-order valence-corrected chi connectivity index (χ3v) is 5.20. The fraction of sp³-hybridized carbons (Fsp3) is 0.0667. The number of benzene rings is 1. The van der Waals surface area contributed by atoms with Gasteiger partial charge in [-0.05, 0) is 40.8 Å². The molecule has 0 fully saturated rings. The van der Waals surface area contributed by atoms with Crippen molar-refractivity contribution in [1.82, 2.24) is 4.98 Å². The Hall–Kier alpha value is -1.88. The lowest BCUT2D eigenvalue weighted by atomic mass is 10.1. The van der Waals surface area contributed by atoms with Gasteiger partial charge >= 0.3 is 6.18 Å². The zero-order valence-electron chi connectivity index (χ0n) is 11.8. The molecule has 4 nitrogen and oxygen atoms in total. The number of alkyl halides is 3. The average molecular weight is 463 g/mol. The van der Waals surface area contributed by atoms with Gasteiger partial charge in [-0.15, -0.1) is 11.3 Å². The third kappa shape index (κ3) is 2.93. The smallest absolute Gasteiger partial charge is 0.397 e. The van der Waals surface area contributed by atoms with E-state index in [2.05, 4.69) is 27.6 Å². The number of anilines is 1. The number of amides is 1. The molecule has 2 aromatic heterocycles. The van der Waals surface area contributed by atoms with Crippen LogP contribution in [0.4, 0.5) is 18.9 Å². The maximum atomic E-state index is 13.5. The van der Waals surface area contributed by atoms with Crippen LogP contribution in [0.5, 0.6) is 0 Å². The molecule has 0 saturated heterocycles. The number of fused-ring (bicyclic) bond motifs is 1. The van der Waals surface area contributed by atoms with Crippen LogP contribution in [0.1, 0.15) is 15.2 Å². The van der Waals surface area contributed by atoms with Crippen LogP contribution in [0.3, 0.4) is 0 Å². The van der Waals surface area contributed by atoms with E-state index in [-0.39, 0.29) is 26.5 Å². The molecule has 0 bridgehead atoms. The minimum Gasteiger partial charge on any atom is -0.397 e. The molecule has 4 N–H and O–H groups in total. The van der Waals surface area contributed by atoms with Gasteiger partial charge in [0.05, 0.1) is 16.9 Å². The van der Waals surface area contributed by atoms with E-state index in [1.54, 1.807) is 24.3 Å². The number of carbonyl (C=O) groups is 1. The average Bonchev–Trinajstić information content (AvgIpc) is 2.83. The molecule has 24 heavy (non-hydrogen) atoms. The lowest BCUT2D eigenvalue weighted by molar-refractivity contribution is -0.136. The highest BCUT2D eigenvalue weighted by Gasteiger charge is 2.36. The Bertz CT molecular complexity index is 951. The SMILES string of the molecule is NC(=O)c1sc2nc(-c3ccc(I)cc3)cc(C(F)(F)F)c2c1N. The summed E-state index contributed by atoms with van der Waals surface area (Å²) in [6.07, 6.45) is -4.64. The van der Waals surface area contributed by atoms with Crippen molar-refractivity contribution >= 4 is 55.7 Å². The second-order valence-corrected chi connectivity index (χ2v) is 7.19. The van der Waals surface area contributed by atoms with Gasteiger partial charge in [-0.1, -0.05) is 12.1 Å². The Balaban J connectivity index is 2.34. The van der Waals surface area contributed by atoms with Crippen LogP contribution in [-0.2, 0) is 6.18 Å². The summed E-state index contributed by atoms with van der Waals surface area (Å²) in [7, 11) is 0. The molecule has 0 spiro atoms. The maximum Gasteiger partial charge on any atom is 0.417 e. The fourth-order valence-electron chi connectivity index (χ4n) is 2.30. The zero-order chi connectivity index (χ0) is 17.6. The van der Waals surface area contributed by atoms with Crippen LogP contribution in [0.2, 0.25) is 0 Å². The Labute approximate surface area is 151 Å². The van der Waals surface area contributed by atoms with Gasteiger partial charge < -0.3 is 11.5 Å². The van der Waals surface area contributed by atoms with Crippen molar-refractivity contribution < 1.29 is 18.0 Å². The molecular formula is C15H9F3IN3OS. The molecule has 0 aliphatic rings. The predicted octanol–water partition coefficient (Wildman–Crippen LogP) is 4.27. The highest BCUT2D eigenvalue weighted by molar-refractivity contribution is 14.1. The first-order valence-corrected chi connectivity index (χ1v) is 8.44. The van der Waals surface area contributed by atoms with Crippen molar-refractivity contribution in [2.75, 3.05) is 5.73 Å². The minimum absolute atomic E-state index is 0.0321. The highest BCUT2D eigenvalue weighted by atomic mass is 127. The molecule has 0 aliphatic carbocycles. The van der Waals surface area contributed by atoms with Crippen molar-refractivity contribution in [2.45, 2.75) is 6.18 Å². The molecule has 0 atom stereocenters. The second-order valence-electron chi connectivity index (χ2n) is 4.95. The van der Waals surface area contributed by atoms with Crippen molar-refractivity contribution in [3.63, 3.8) is 0 Å². The van der Waals surface area contributed by atoms with Crippen LogP contribution < -0.4 is 11.5 Å². The minimum atomic E-state index is -4.64. The molecule has 1 amide bonds. The van der Waals surface area contributed by atoms with Gasteiger partial charge in [0.1, 0.15) is 9.71 Å². The number of primary amides is 1. The lowest BCUT2D eigenvalue weighted by Gasteiger charge is -2.11. The van der Waals surface area contributed by atoms with E-state index in [0.717, 1.165) is 21.0 Å². The molecule has 124 valence electrons. The number of aromatic nitrogens is 1. The summed E-state index contributed by atoms with van der Waals surface area (Å²) in [6, 6.07) is 7.85. The van der Waals surface area contributed by atoms with E-state index in [1.807, 2.05) is 0 Å². The van der Waals surface area contributed by atoms with Crippen LogP contribution in [0.15, 0.2) is 30.3 Å². The molecule has 3 rings (SSSR count). The molecule has 2 heterocycles. The van der Waals surface area contributed by atoms with Crippen molar-refractivity contribution in [1.29, 1.82) is 0 Å². The number of rotatable bonds is 2. The van der Waals surface area contributed by atoms with Gasteiger partial charge in [-0.2, -0.15) is 13.2 Å². The number of carbonyl (C=O) groups excluding carboxylic acids is 1. The first-order valence-electron chi connectivity index (χ1n) is 6.54. The van der Waals surface area contributed by atoms with Gasteiger partial charge in [0.2, 0.25) is 0 Å². The van der Waals surface area contributed by atoms with Crippen LogP contribution in [-0.4, -0.2) is 10.9 Å². The standard InChI is InChI=1S/C15H9F3IN3OS/c16-15(17,18)8-5-9(6-1-3-7(19)4-2-6)22-14-10(8)11(20)12(24-14)13(21)23/h1-5H,20H2,(H2,21,23). The number of nitrogens with two attached hydrogens (primary N) is 2. The number of hydrogen-bond donors (Lipinski definition) is 2. The van der Waals surface area contributed by atoms with Crippen LogP contribution in [0.25, 0.3) is 21.5 Å². The number of thiophene rings is 1. The highest BCUT2D eigenvalue weighted by Crippen LogP contribution is 2.43. The molecular weight excluding hydrogens is 454 g/mol. The monoisotopic (exact) mass is 463 g/mol.